The maximum Gasteiger partial charge on any atom is 0.257 e. The van der Waals surface area contributed by atoms with Crippen LogP contribution < -0.4 is 4.90 Å². The zero-order valence-electron chi connectivity index (χ0n) is 11.4. The van der Waals surface area contributed by atoms with Gasteiger partial charge in [0.1, 0.15) is 0 Å². The highest BCUT2D eigenvalue weighted by atomic mass is 16.2. The van der Waals surface area contributed by atoms with E-state index < -0.39 is 0 Å². The fourth-order valence-electron chi connectivity index (χ4n) is 2.82. The van der Waals surface area contributed by atoms with Crippen molar-refractivity contribution in [3.05, 3.63) is 17.5 Å². The highest BCUT2D eigenvalue weighted by Gasteiger charge is 2.23. The van der Waals surface area contributed by atoms with Crippen molar-refractivity contribution in [2.45, 2.75) is 32.6 Å². The van der Waals surface area contributed by atoms with Gasteiger partial charge in [0.25, 0.3) is 5.91 Å². The molecule has 3 heterocycles. The zero-order chi connectivity index (χ0) is 13.2. The van der Waals surface area contributed by atoms with Crippen LogP contribution in [0.1, 0.15) is 41.7 Å². The van der Waals surface area contributed by atoms with Crippen LogP contribution in [0.3, 0.4) is 0 Å². The van der Waals surface area contributed by atoms with Gasteiger partial charge in [-0.1, -0.05) is 0 Å². The number of nitrogens with zero attached hydrogens (tertiary/aromatic N) is 4. The number of anilines is 1. The van der Waals surface area contributed by atoms with Crippen molar-refractivity contribution in [3.63, 3.8) is 0 Å². The van der Waals surface area contributed by atoms with Gasteiger partial charge in [0.15, 0.2) is 0 Å². The second-order valence-electron chi connectivity index (χ2n) is 5.36. The fraction of sp³-hybridized carbons (Fsp3) is 0.643. The van der Waals surface area contributed by atoms with Crippen molar-refractivity contribution in [3.8, 4) is 0 Å². The van der Waals surface area contributed by atoms with Crippen LogP contribution in [0.25, 0.3) is 0 Å². The first-order valence-electron chi connectivity index (χ1n) is 7.13. The Labute approximate surface area is 113 Å². The SMILES string of the molecule is Cc1nc(N2CCCC2)ncc1C(=O)N1CCCC1. The molecule has 19 heavy (non-hydrogen) atoms. The summed E-state index contributed by atoms with van der Waals surface area (Å²) in [6.07, 6.45) is 6.33. The van der Waals surface area contributed by atoms with Gasteiger partial charge in [-0.25, -0.2) is 9.97 Å². The molecule has 1 amide bonds. The van der Waals surface area contributed by atoms with Crippen LogP contribution in [0.2, 0.25) is 0 Å². The molecule has 0 aromatic carbocycles. The highest BCUT2D eigenvalue weighted by molar-refractivity contribution is 5.95. The summed E-state index contributed by atoms with van der Waals surface area (Å²) in [5.41, 5.74) is 1.46. The number of hydrogen-bond donors (Lipinski definition) is 0. The average molecular weight is 260 g/mol. The normalized spacial score (nSPS) is 19.2. The third-order valence-corrected chi connectivity index (χ3v) is 3.98. The lowest BCUT2D eigenvalue weighted by molar-refractivity contribution is 0.0791. The molecule has 2 aliphatic heterocycles. The Morgan fingerprint density at radius 2 is 1.74 bits per heavy atom. The summed E-state index contributed by atoms with van der Waals surface area (Å²) in [4.78, 5) is 25.3. The van der Waals surface area contributed by atoms with Gasteiger partial charge < -0.3 is 9.80 Å². The van der Waals surface area contributed by atoms with Crippen molar-refractivity contribution >= 4 is 11.9 Å². The molecule has 0 spiro atoms. The predicted octanol–water partition coefficient (Wildman–Crippen LogP) is 1.62. The first-order chi connectivity index (χ1) is 9.25. The molecule has 5 heteroatoms. The lowest BCUT2D eigenvalue weighted by Crippen LogP contribution is -2.29. The molecule has 0 atom stereocenters. The monoisotopic (exact) mass is 260 g/mol. The van der Waals surface area contributed by atoms with E-state index >= 15 is 0 Å². The largest absolute Gasteiger partial charge is 0.341 e. The molecule has 5 nitrogen and oxygen atoms in total. The first-order valence-corrected chi connectivity index (χ1v) is 7.13. The smallest absolute Gasteiger partial charge is 0.257 e. The van der Waals surface area contributed by atoms with E-state index in [1.54, 1.807) is 6.20 Å². The quantitative estimate of drug-likeness (QED) is 0.811. The Morgan fingerprint density at radius 3 is 2.37 bits per heavy atom. The van der Waals surface area contributed by atoms with E-state index in [1.807, 2.05) is 11.8 Å². The number of amides is 1. The minimum Gasteiger partial charge on any atom is -0.341 e. The van der Waals surface area contributed by atoms with Gasteiger partial charge in [0, 0.05) is 32.4 Å². The Balaban J connectivity index is 1.80. The topological polar surface area (TPSA) is 49.3 Å². The van der Waals surface area contributed by atoms with Crippen molar-refractivity contribution in [1.82, 2.24) is 14.9 Å². The molecule has 1 aromatic rings. The molecule has 0 saturated carbocycles. The lowest BCUT2D eigenvalue weighted by Gasteiger charge is -2.18. The second kappa shape index (κ2) is 5.15. The van der Waals surface area contributed by atoms with Crippen LogP contribution in [0.5, 0.6) is 0 Å². The van der Waals surface area contributed by atoms with Crippen LogP contribution in [0, 0.1) is 6.92 Å². The number of aryl methyl sites for hydroxylation is 1. The summed E-state index contributed by atoms with van der Waals surface area (Å²) in [5, 5.41) is 0. The number of likely N-dealkylation sites (tertiary alicyclic amines) is 1. The van der Waals surface area contributed by atoms with Crippen molar-refractivity contribution < 1.29 is 4.79 Å². The van der Waals surface area contributed by atoms with Crippen LogP contribution >= 0.6 is 0 Å². The van der Waals surface area contributed by atoms with E-state index in [0.717, 1.165) is 50.7 Å². The molecule has 0 unspecified atom stereocenters. The molecule has 102 valence electrons. The molecular weight excluding hydrogens is 240 g/mol. The third-order valence-electron chi connectivity index (χ3n) is 3.98. The number of rotatable bonds is 2. The molecular formula is C14H20N4O. The average Bonchev–Trinajstić information content (AvgIpc) is 3.11. The lowest BCUT2D eigenvalue weighted by atomic mass is 10.2. The number of carbonyl (C=O) groups excluding carboxylic acids is 1. The zero-order valence-corrected chi connectivity index (χ0v) is 11.4. The summed E-state index contributed by atoms with van der Waals surface area (Å²) in [6, 6.07) is 0. The summed E-state index contributed by atoms with van der Waals surface area (Å²) in [5.74, 6) is 0.857. The molecule has 0 radical (unpaired) electrons. The van der Waals surface area contributed by atoms with Crippen LogP contribution in [0.4, 0.5) is 5.95 Å². The van der Waals surface area contributed by atoms with Crippen LogP contribution in [-0.2, 0) is 0 Å². The standard InChI is InChI=1S/C14H20N4O/c1-11-12(13(19)17-6-2-3-7-17)10-15-14(16-11)18-8-4-5-9-18/h10H,2-9H2,1H3. The third kappa shape index (κ3) is 2.41. The van der Waals surface area contributed by atoms with Crippen LogP contribution in [0.15, 0.2) is 6.20 Å². The van der Waals surface area contributed by atoms with Crippen molar-refractivity contribution in [2.24, 2.45) is 0 Å². The van der Waals surface area contributed by atoms with Crippen molar-refractivity contribution in [2.75, 3.05) is 31.1 Å². The minimum atomic E-state index is 0.0861. The van der Waals surface area contributed by atoms with Gasteiger partial charge >= 0.3 is 0 Å². The van der Waals surface area contributed by atoms with E-state index in [0.29, 0.717) is 5.56 Å². The molecule has 0 bridgehead atoms. The van der Waals surface area contributed by atoms with E-state index in [9.17, 15) is 4.79 Å². The van der Waals surface area contributed by atoms with Crippen molar-refractivity contribution in [1.29, 1.82) is 0 Å². The Kier molecular flexibility index (Phi) is 3.36. The molecule has 3 rings (SSSR count). The maximum absolute atomic E-state index is 12.3. The Bertz CT molecular complexity index is 476. The van der Waals surface area contributed by atoms with E-state index in [4.69, 9.17) is 0 Å². The summed E-state index contributed by atoms with van der Waals surface area (Å²) in [6.45, 7) is 5.70. The highest BCUT2D eigenvalue weighted by Crippen LogP contribution is 2.19. The molecule has 1 aromatic heterocycles. The number of aromatic nitrogens is 2. The van der Waals surface area contributed by atoms with Crippen LogP contribution in [-0.4, -0.2) is 47.0 Å². The molecule has 0 N–H and O–H groups in total. The number of carbonyl (C=O) groups is 1. The van der Waals surface area contributed by atoms with Gasteiger partial charge in [-0.3, -0.25) is 4.79 Å². The summed E-state index contributed by atoms with van der Waals surface area (Å²) in [7, 11) is 0. The van der Waals surface area contributed by atoms with E-state index in [1.165, 1.54) is 12.8 Å². The van der Waals surface area contributed by atoms with Gasteiger partial charge in [-0.2, -0.15) is 0 Å². The van der Waals surface area contributed by atoms with Gasteiger partial charge in [-0.05, 0) is 32.6 Å². The number of hydrogen-bond acceptors (Lipinski definition) is 4. The van der Waals surface area contributed by atoms with E-state index in [2.05, 4.69) is 14.9 Å². The van der Waals surface area contributed by atoms with Gasteiger partial charge in [0.05, 0.1) is 11.3 Å². The first kappa shape index (κ1) is 12.4. The maximum atomic E-state index is 12.3. The van der Waals surface area contributed by atoms with Gasteiger partial charge in [-0.15, -0.1) is 0 Å². The molecule has 2 fully saturated rings. The fourth-order valence-corrected chi connectivity index (χ4v) is 2.82. The summed E-state index contributed by atoms with van der Waals surface area (Å²) >= 11 is 0. The minimum absolute atomic E-state index is 0.0861. The second-order valence-corrected chi connectivity index (χ2v) is 5.36. The summed E-state index contributed by atoms with van der Waals surface area (Å²) < 4.78 is 0. The molecule has 2 saturated heterocycles. The van der Waals surface area contributed by atoms with E-state index in [-0.39, 0.29) is 5.91 Å². The molecule has 2 aliphatic rings. The predicted molar refractivity (Wildman–Crippen MR) is 73.4 cm³/mol. The Morgan fingerprint density at radius 1 is 1.11 bits per heavy atom. The van der Waals surface area contributed by atoms with Gasteiger partial charge in [0.2, 0.25) is 5.95 Å². The molecule has 0 aliphatic carbocycles. The Hall–Kier alpha value is -1.65.